The Morgan fingerprint density at radius 3 is 2.12 bits per heavy atom. The molecule has 1 N–H and O–H groups in total. The fraction of sp³-hybridized carbons (Fsp3) is 0.440. The Hall–Kier alpha value is -2.94. The van der Waals surface area contributed by atoms with E-state index in [1.807, 2.05) is 52.0 Å². The number of aryl methyl sites for hydroxylation is 1. The van der Waals surface area contributed by atoms with E-state index in [-0.39, 0.29) is 24.1 Å². The summed E-state index contributed by atoms with van der Waals surface area (Å²) in [5.41, 5.74) is 2.05. The lowest BCUT2D eigenvalue weighted by molar-refractivity contribution is -0.140. The van der Waals surface area contributed by atoms with Crippen LogP contribution < -0.4 is 9.62 Å². The normalized spacial score (nSPS) is 12.3. The van der Waals surface area contributed by atoms with Crippen molar-refractivity contribution in [3.05, 3.63) is 65.5 Å². The number of sulfonamides is 1. The van der Waals surface area contributed by atoms with Gasteiger partial charge in [0.05, 0.1) is 11.9 Å². The van der Waals surface area contributed by atoms with Crippen LogP contribution in [0.1, 0.15) is 38.3 Å². The number of hydrogen-bond donors (Lipinski definition) is 1. The Kier molecular flexibility index (Phi) is 9.61. The van der Waals surface area contributed by atoms with Crippen LogP contribution in [-0.4, -0.2) is 50.5 Å². The highest BCUT2D eigenvalue weighted by Crippen LogP contribution is 2.20. The van der Waals surface area contributed by atoms with Gasteiger partial charge < -0.3 is 10.2 Å². The minimum absolute atomic E-state index is 0.147. The molecule has 1 atom stereocenters. The van der Waals surface area contributed by atoms with Crippen molar-refractivity contribution in [1.29, 1.82) is 0 Å². The van der Waals surface area contributed by atoms with Crippen LogP contribution in [0.3, 0.4) is 0 Å². The van der Waals surface area contributed by atoms with Gasteiger partial charge in [-0.25, -0.2) is 12.8 Å². The number of carbonyl (C=O) groups excluding carboxylic acids is 2. The van der Waals surface area contributed by atoms with E-state index < -0.39 is 34.3 Å². The maximum Gasteiger partial charge on any atom is 0.244 e. The fourth-order valence-electron chi connectivity index (χ4n) is 3.45. The highest BCUT2D eigenvalue weighted by atomic mass is 32.2. The van der Waals surface area contributed by atoms with E-state index >= 15 is 0 Å². The van der Waals surface area contributed by atoms with E-state index in [4.69, 9.17) is 0 Å². The van der Waals surface area contributed by atoms with Crippen LogP contribution in [0.15, 0.2) is 48.5 Å². The van der Waals surface area contributed by atoms with Crippen LogP contribution in [0.25, 0.3) is 0 Å². The minimum atomic E-state index is -3.85. The zero-order valence-corrected chi connectivity index (χ0v) is 21.2. The van der Waals surface area contributed by atoms with E-state index in [2.05, 4.69) is 5.32 Å². The second-order valence-corrected chi connectivity index (χ2v) is 10.7. The molecule has 2 rings (SSSR count). The minimum Gasteiger partial charge on any atom is -0.354 e. The molecular weight excluding hydrogens is 457 g/mol. The first kappa shape index (κ1) is 27.3. The van der Waals surface area contributed by atoms with Gasteiger partial charge in [0, 0.05) is 13.1 Å². The summed E-state index contributed by atoms with van der Waals surface area (Å²) < 4.78 is 39.3. The van der Waals surface area contributed by atoms with Gasteiger partial charge in [-0.15, -0.1) is 0 Å². The largest absolute Gasteiger partial charge is 0.354 e. The van der Waals surface area contributed by atoms with Crippen LogP contribution in [0.5, 0.6) is 0 Å². The van der Waals surface area contributed by atoms with Gasteiger partial charge in [0.1, 0.15) is 18.4 Å². The van der Waals surface area contributed by atoms with Crippen molar-refractivity contribution in [1.82, 2.24) is 10.2 Å². The Bertz CT molecular complexity index is 1070. The molecule has 1 unspecified atom stereocenters. The van der Waals surface area contributed by atoms with Crippen molar-refractivity contribution in [2.45, 2.75) is 46.7 Å². The molecule has 0 aliphatic rings. The van der Waals surface area contributed by atoms with Gasteiger partial charge in [-0.3, -0.25) is 13.9 Å². The summed E-state index contributed by atoms with van der Waals surface area (Å²) in [6.07, 6.45) is 1.34. The van der Waals surface area contributed by atoms with Gasteiger partial charge in [0.25, 0.3) is 0 Å². The first-order chi connectivity index (χ1) is 15.9. The van der Waals surface area contributed by atoms with Crippen LogP contribution in [0, 0.1) is 18.7 Å². The molecular formula is C25H34FN3O4S. The number of nitrogens with one attached hydrogen (secondary N) is 1. The molecule has 0 aromatic heterocycles. The fourth-order valence-corrected chi connectivity index (χ4v) is 4.30. The average Bonchev–Trinajstić information content (AvgIpc) is 2.77. The lowest BCUT2D eigenvalue weighted by Gasteiger charge is -2.33. The zero-order valence-electron chi connectivity index (χ0n) is 20.4. The van der Waals surface area contributed by atoms with Crippen molar-refractivity contribution in [3.63, 3.8) is 0 Å². The van der Waals surface area contributed by atoms with E-state index in [1.54, 1.807) is 0 Å². The van der Waals surface area contributed by atoms with E-state index in [0.717, 1.165) is 33.8 Å². The quantitative estimate of drug-likeness (QED) is 0.521. The van der Waals surface area contributed by atoms with Gasteiger partial charge in [-0.05, 0) is 49.1 Å². The molecule has 34 heavy (non-hydrogen) atoms. The molecule has 0 spiro atoms. The SMILES string of the molecule is CCC(C(=O)NCC(C)C)N(Cc1ccc(C)cc1)C(=O)CN(c1ccc(F)cc1)S(C)(=O)=O. The van der Waals surface area contributed by atoms with Crippen molar-refractivity contribution >= 4 is 27.5 Å². The molecule has 0 saturated carbocycles. The lowest BCUT2D eigenvalue weighted by Crippen LogP contribution is -2.52. The topological polar surface area (TPSA) is 86.8 Å². The zero-order chi connectivity index (χ0) is 25.5. The van der Waals surface area contributed by atoms with E-state index in [1.165, 1.54) is 17.0 Å². The highest BCUT2D eigenvalue weighted by molar-refractivity contribution is 7.92. The molecule has 9 heteroatoms. The number of amides is 2. The summed E-state index contributed by atoms with van der Waals surface area (Å²) >= 11 is 0. The molecule has 2 amide bonds. The number of anilines is 1. The molecule has 0 bridgehead atoms. The number of hydrogen-bond acceptors (Lipinski definition) is 4. The molecule has 0 aliphatic heterocycles. The summed E-state index contributed by atoms with van der Waals surface area (Å²) in [6.45, 7) is 7.81. The maximum atomic E-state index is 13.5. The molecule has 7 nitrogen and oxygen atoms in total. The second-order valence-electron chi connectivity index (χ2n) is 8.82. The first-order valence-electron chi connectivity index (χ1n) is 11.3. The predicted molar refractivity (Wildman–Crippen MR) is 132 cm³/mol. The number of rotatable bonds is 11. The van der Waals surface area contributed by atoms with Gasteiger partial charge in [-0.2, -0.15) is 0 Å². The van der Waals surface area contributed by atoms with Gasteiger partial charge in [0.15, 0.2) is 0 Å². The third-order valence-corrected chi connectivity index (χ3v) is 6.48. The molecule has 2 aromatic rings. The summed E-state index contributed by atoms with van der Waals surface area (Å²) in [7, 11) is -3.85. The lowest BCUT2D eigenvalue weighted by atomic mass is 10.1. The number of halogens is 1. The maximum absolute atomic E-state index is 13.5. The number of benzene rings is 2. The summed E-state index contributed by atoms with van der Waals surface area (Å²) in [6, 6.07) is 11.7. The van der Waals surface area contributed by atoms with Crippen LogP contribution in [0.2, 0.25) is 0 Å². The van der Waals surface area contributed by atoms with Crippen molar-refractivity contribution in [3.8, 4) is 0 Å². The van der Waals surface area contributed by atoms with E-state index in [9.17, 15) is 22.4 Å². The molecule has 0 heterocycles. The number of carbonyl (C=O) groups is 2. The van der Waals surface area contributed by atoms with Gasteiger partial charge in [-0.1, -0.05) is 50.6 Å². The van der Waals surface area contributed by atoms with Gasteiger partial charge >= 0.3 is 0 Å². The van der Waals surface area contributed by atoms with E-state index in [0.29, 0.717) is 13.0 Å². The highest BCUT2D eigenvalue weighted by Gasteiger charge is 2.31. The summed E-state index contributed by atoms with van der Waals surface area (Å²) in [5, 5.41) is 2.88. The molecule has 0 radical (unpaired) electrons. The Labute approximate surface area is 202 Å². The van der Waals surface area contributed by atoms with Crippen molar-refractivity contribution < 1.29 is 22.4 Å². The Balaban J connectivity index is 2.39. The molecule has 0 aliphatic carbocycles. The van der Waals surface area contributed by atoms with Crippen molar-refractivity contribution in [2.24, 2.45) is 5.92 Å². The predicted octanol–water partition coefficient (Wildman–Crippen LogP) is 3.48. The third kappa shape index (κ3) is 7.83. The number of nitrogens with zero attached hydrogens (tertiary/aromatic N) is 2. The Morgan fingerprint density at radius 2 is 1.62 bits per heavy atom. The molecule has 2 aromatic carbocycles. The standard InChI is InChI=1S/C25H34FN3O4S/c1-6-23(25(31)27-15-18(2)3)28(16-20-9-7-19(4)8-10-20)24(30)17-29(34(5,32)33)22-13-11-21(26)12-14-22/h7-14,18,23H,6,15-17H2,1-5H3,(H,27,31). The third-order valence-electron chi connectivity index (χ3n) is 5.34. The van der Waals surface area contributed by atoms with Crippen LogP contribution in [0.4, 0.5) is 10.1 Å². The van der Waals surface area contributed by atoms with Crippen LogP contribution >= 0.6 is 0 Å². The monoisotopic (exact) mass is 491 g/mol. The summed E-state index contributed by atoms with van der Waals surface area (Å²) in [4.78, 5) is 27.9. The molecule has 0 fully saturated rings. The average molecular weight is 492 g/mol. The van der Waals surface area contributed by atoms with Gasteiger partial charge in [0.2, 0.25) is 21.8 Å². The second kappa shape index (κ2) is 12.0. The van der Waals surface area contributed by atoms with Crippen LogP contribution in [-0.2, 0) is 26.2 Å². The molecule has 0 saturated heterocycles. The molecule has 186 valence electrons. The summed E-state index contributed by atoms with van der Waals surface area (Å²) in [5.74, 6) is -1.09. The first-order valence-corrected chi connectivity index (χ1v) is 13.1. The Morgan fingerprint density at radius 1 is 1.03 bits per heavy atom. The van der Waals surface area contributed by atoms with Crippen molar-refractivity contribution in [2.75, 3.05) is 23.7 Å². The smallest absolute Gasteiger partial charge is 0.244 e.